The standard InChI is InChI=1S/C14H24N2O4/c1-5-13(17)19-11-9-15(3)7-8-16(4)10-12-20-14(18)6-2/h5-6H,1-2,7-12H2,3-4H3. The van der Waals surface area contributed by atoms with Crippen LogP contribution in [0.3, 0.4) is 0 Å². The van der Waals surface area contributed by atoms with Crippen LogP contribution in [-0.4, -0.2) is 75.2 Å². The van der Waals surface area contributed by atoms with Crippen LogP contribution in [-0.2, 0) is 19.1 Å². The van der Waals surface area contributed by atoms with Gasteiger partial charge < -0.3 is 19.3 Å². The molecule has 6 heteroatoms. The molecule has 0 spiro atoms. The van der Waals surface area contributed by atoms with Crippen molar-refractivity contribution in [1.82, 2.24) is 9.80 Å². The third kappa shape index (κ3) is 10.3. The number of likely N-dealkylation sites (N-methyl/N-ethyl adjacent to an activating group) is 2. The molecule has 6 nitrogen and oxygen atoms in total. The molecule has 0 unspecified atom stereocenters. The summed E-state index contributed by atoms with van der Waals surface area (Å²) < 4.78 is 9.79. The van der Waals surface area contributed by atoms with Crippen molar-refractivity contribution in [3.8, 4) is 0 Å². The van der Waals surface area contributed by atoms with E-state index in [1.165, 1.54) is 0 Å². The molecule has 0 aliphatic heterocycles. The van der Waals surface area contributed by atoms with Gasteiger partial charge in [0.2, 0.25) is 0 Å². The highest BCUT2D eigenvalue weighted by Crippen LogP contribution is 1.89. The third-order valence-electron chi connectivity index (χ3n) is 2.63. The second kappa shape index (κ2) is 11.2. The molecule has 0 saturated carbocycles. The van der Waals surface area contributed by atoms with Gasteiger partial charge in [0, 0.05) is 38.3 Å². The Kier molecular flexibility index (Phi) is 10.3. The number of hydrogen-bond acceptors (Lipinski definition) is 6. The number of carbonyl (C=O) groups excluding carboxylic acids is 2. The van der Waals surface area contributed by atoms with E-state index in [2.05, 4.69) is 23.0 Å². The maximum Gasteiger partial charge on any atom is 0.330 e. The number of hydrogen-bond donors (Lipinski definition) is 0. The zero-order chi connectivity index (χ0) is 15.4. The monoisotopic (exact) mass is 284 g/mol. The number of carbonyl (C=O) groups is 2. The van der Waals surface area contributed by atoms with Crippen LogP contribution in [0.15, 0.2) is 25.3 Å². The van der Waals surface area contributed by atoms with Gasteiger partial charge >= 0.3 is 11.9 Å². The molecule has 0 amide bonds. The van der Waals surface area contributed by atoms with Crippen molar-refractivity contribution in [2.24, 2.45) is 0 Å². The van der Waals surface area contributed by atoms with Gasteiger partial charge in [-0.05, 0) is 14.1 Å². The highest BCUT2D eigenvalue weighted by atomic mass is 16.5. The molecule has 0 heterocycles. The van der Waals surface area contributed by atoms with Gasteiger partial charge in [-0.15, -0.1) is 0 Å². The van der Waals surface area contributed by atoms with Crippen molar-refractivity contribution in [2.75, 3.05) is 53.5 Å². The van der Waals surface area contributed by atoms with Gasteiger partial charge in [-0.2, -0.15) is 0 Å². The quantitative estimate of drug-likeness (QED) is 0.402. The van der Waals surface area contributed by atoms with E-state index < -0.39 is 11.9 Å². The van der Waals surface area contributed by atoms with Crippen molar-refractivity contribution in [3.05, 3.63) is 25.3 Å². The first-order valence-electron chi connectivity index (χ1n) is 6.45. The zero-order valence-electron chi connectivity index (χ0n) is 12.3. The molecule has 0 radical (unpaired) electrons. The Labute approximate surface area is 120 Å². The lowest BCUT2D eigenvalue weighted by atomic mass is 10.4. The summed E-state index contributed by atoms with van der Waals surface area (Å²) in [6.07, 6.45) is 2.30. The maximum atomic E-state index is 10.8. The lowest BCUT2D eigenvalue weighted by Crippen LogP contribution is -2.34. The van der Waals surface area contributed by atoms with E-state index in [1.807, 2.05) is 14.1 Å². The molecule has 0 saturated heterocycles. The molecule has 114 valence electrons. The smallest absolute Gasteiger partial charge is 0.330 e. The van der Waals surface area contributed by atoms with E-state index in [-0.39, 0.29) is 0 Å². The van der Waals surface area contributed by atoms with Crippen LogP contribution in [0.4, 0.5) is 0 Å². The average molecular weight is 284 g/mol. The predicted molar refractivity (Wildman–Crippen MR) is 77.3 cm³/mol. The maximum absolute atomic E-state index is 10.8. The minimum atomic E-state index is -0.403. The largest absolute Gasteiger partial charge is 0.461 e. The lowest BCUT2D eigenvalue weighted by molar-refractivity contribution is -0.139. The molecular weight excluding hydrogens is 260 g/mol. The van der Waals surface area contributed by atoms with E-state index in [0.717, 1.165) is 25.2 Å². The molecule has 0 aromatic heterocycles. The molecule has 0 aromatic rings. The van der Waals surface area contributed by atoms with Gasteiger partial charge in [-0.3, -0.25) is 0 Å². The third-order valence-corrected chi connectivity index (χ3v) is 2.63. The Morgan fingerprint density at radius 3 is 1.50 bits per heavy atom. The summed E-state index contributed by atoms with van der Waals surface area (Å²) in [4.78, 5) is 25.8. The van der Waals surface area contributed by atoms with Crippen LogP contribution < -0.4 is 0 Å². The zero-order valence-corrected chi connectivity index (χ0v) is 12.3. The second-order valence-electron chi connectivity index (χ2n) is 4.35. The van der Waals surface area contributed by atoms with E-state index in [0.29, 0.717) is 26.3 Å². The van der Waals surface area contributed by atoms with Gasteiger partial charge in [-0.25, -0.2) is 9.59 Å². The summed E-state index contributed by atoms with van der Waals surface area (Å²) in [5, 5.41) is 0. The second-order valence-corrected chi connectivity index (χ2v) is 4.35. The normalized spacial score (nSPS) is 10.4. The number of ether oxygens (including phenoxy) is 2. The van der Waals surface area contributed by atoms with Crippen LogP contribution >= 0.6 is 0 Å². The van der Waals surface area contributed by atoms with E-state index in [1.54, 1.807) is 0 Å². The first kappa shape index (κ1) is 18.3. The molecule has 0 rings (SSSR count). The number of esters is 2. The molecular formula is C14H24N2O4. The van der Waals surface area contributed by atoms with E-state index in [4.69, 9.17) is 9.47 Å². The molecule has 0 aliphatic carbocycles. The minimum absolute atomic E-state index is 0.349. The molecule has 0 aliphatic rings. The lowest BCUT2D eigenvalue weighted by Gasteiger charge is -2.21. The van der Waals surface area contributed by atoms with Crippen LogP contribution in [0.1, 0.15) is 0 Å². The summed E-state index contributed by atoms with van der Waals surface area (Å²) in [6.45, 7) is 10.3. The summed E-state index contributed by atoms with van der Waals surface area (Å²) >= 11 is 0. The fourth-order valence-electron chi connectivity index (χ4n) is 1.29. The van der Waals surface area contributed by atoms with Gasteiger partial charge in [-0.1, -0.05) is 13.2 Å². The number of nitrogens with zero attached hydrogens (tertiary/aromatic N) is 2. The first-order chi connectivity index (χ1) is 9.49. The molecule has 0 N–H and O–H groups in total. The van der Waals surface area contributed by atoms with Crippen molar-refractivity contribution in [1.29, 1.82) is 0 Å². The summed E-state index contributed by atoms with van der Waals surface area (Å²) in [5.41, 5.74) is 0. The molecule has 0 aromatic carbocycles. The Balaban J connectivity index is 3.59. The molecule has 20 heavy (non-hydrogen) atoms. The average Bonchev–Trinajstić information content (AvgIpc) is 2.44. The van der Waals surface area contributed by atoms with Gasteiger partial charge in [0.15, 0.2) is 0 Å². The Morgan fingerprint density at radius 1 is 0.850 bits per heavy atom. The molecule has 0 bridgehead atoms. The van der Waals surface area contributed by atoms with Crippen LogP contribution in [0.5, 0.6) is 0 Å². The topological polar surface area (TPSA) is 59.1 Å². The van der Waals surface area contributed by atoms with Gasteiger partial charge in [0.05, 0.1) is 0 Å². The van der Waals surface area contributed by atoms with Crippen molar-refractivity contribution >= 4 is 11.9 Å². The predicted octanol–water partition coefficient (Wildman–Crippen LogP) is 0.308. The Hall–Kier alpha value is -1.66. The van der Waals surface area contributed by atoms with Crippen molar-refractivity contribution in [3.63, 3.8) is 0 Å². The first-order valence-corrected chi connectivity index (χ1v) is 6.45. The highest BCUT2D eigenvalue weighted by Gasteiger charge is 2.04. The van der Waals surface area contributed by atoms with Crippen LogP contribution in [0, 0.1) is 0 Å². The molecule has 0 atom stereocenters. The van der Waals surface area contributed by atoms with Crippen molar-refractivity contribution in [2.45, 2.75) is 0 Å². The van der Waals surface area contributed by atoms with Crippen LogP contribution in [0.2, 0.25) is 0 Å². The summed E-state index contributed by atoms with van der Waals surface area (Å²) in [6, 6.07) is 0. The van der Waals surface area contributed by atoms with Gasteiger partial charge in [0.25, 0.3) is 0 Å². The fraction of sp³-hybridized carbons (Fsp3) is 0.571. The van der Waals surface area contributed by atoms with Crippen molar-refractivity contribution < 1.29 is 19.1 Å². The molecule has 0 fully saturated rings. The minimum Gasteiger partial charge on any atom is -0.461 e. The van der Waals surface area contributed by atoms with E-state index >= 15 is 0 Å². The summed E-state index contributed by atoms with van der Waals surface area (Å²) in [7, 11) is 3.90. The number of rotatable bonds is 11. The Morgan fingerprint density at radius 2 is 1.20 bits per heavy atom. The SMILES string of the molecule is C=CC(=O)OCCN(C)CCN(C)CCOC(=O)C=C. The Bertz CT molecular complexity index is 299. The van der Waals surface area contributed by atoms with E-state index in [9.17, 15) is 9.59 Å². The highest BCUT2D eigenvalue weighted by molar-refractivity contribution is 5.81. The fourth-order valence-corrected chi connectivity index (χ4v) is 1.29. The van der Waals surface area contributed by atoms with Gasteiger partial charge in [0.1, 0.15) is 13.2 Å². The summed E-state index contributed by atoms with van der Waals surface area (Å²) in [5.74, 6) is -0.806. The van der Waals surface area contributed by atoms with Crippen LogP contribution in [0.25, 0.3) is 0 Å².